The number of halogens is 1. The van der Waals surface area contributed by atoms with E-state index < -0.39 is 29.8 Å². The third-order valence-electron chi connectivity index (χ3n) is 5.49. The first kappa shape index (κ1) is 21.4. The standard InChI is InChI=1S/C20H24FN5O4/c1-12(27)24-10-15-11-26(20(29)30-15)14-2-3-18(17(21)8-14)25-6-4-13(5-7-25)16(9-22)19(23)28/h2-3,8,13,15-16H,4-7,10-11H2,1H3,(H2,23,28)(H,24,27)/t15-,16?/m0/s1. The van der Waals surface area contributed by atoms with Gasteiger partial charge < -0.3 is 20.7 Å². The van der Waals surface area contributed by atoms with Crippen LogP contribution in [-0.2, 0) is 14.3 Å². The molecule has 2 atom stereocenters. The lowest BCUT2D eigenvalue weighted by Gasteiger charge is -2.35. The monoisotopic (exact) mass is 417 g/mol. The number of anilines is 2. The van der Waals surface area contributed by atoms with Crippen molar-refractivity contribution in [2.24, 2.45) is 17.6 Å². The van der Waals surface area contributed by atoms with E-state index in [-0.39, 0.29) is 24.9 Å². The van der Waals surface area contributed by atoms with Gasteiger partial charge in [-0.1, -0.05) is 0 Å². The number of carbonyl (C=O) groups is 3. The Bertz CT molecular complexity index is 878. The van der Waals surface area contributed by atoms with E-state index in [0.717, 1.165) is 0 Å². The molecule has 0 aliphatic carbocycles. The lowest BCUT2D eigenvalue weighted by molar-refractivity contribution is -0.122. The minimum Gasteiger partial charge on any atom is -0.442 e. The van der Waals surface area contributed by atoms with Gasteiger partial charge in [0.25, 0.3) is 0 Å². The lowest BCUT2D eigenvalue weighted by Crippen LogP contribution is -2.39. The fourth-order valence-corrected chi connectivity index (χ4v) is 3.89. The molecule has 0 spiro atoms. The number of benzene rings is 1. The molecule has 2 fully saturated rings. The van der Waals surface area contributed by atoms with Crippen molar-refractivity contribution in [2.75, 3.05) is 36.0 Å². The van der Waals surface area contributed by atoms with Crippen molar-refractivity contribution >= 4 is 29.3 Å². The molecule has 2 aliphatic rings. The van der Waals surface area contributed by atoms with E-state index in [4.69, 9.17) is 15.7 Å². The van der Waals surface area contributed by atoms with E-state index in [9.17, 15) is 18.8 Å². The van der Waals surface area contributed by atoms with Gasteiger partial charge in [-0.05, 0) is 37.0 Å². The number of cyclic esters (lactones) is 1. The summed E-state index contributed by atoms with van der Waals surface area (Å²) in [5.74, 6) is -2.28. The first-order chi connectivity index (χ1) is 14.3. The molecule has 0 saturated carbocycles. The molecule has 3 amide bonds. The van der Waals surface area contributed by atoms with Gasteiger partial charge in [0.05, 0.1) is 30.5 Å². The van der Waals surface area contributed by atoms with Crippen LogP contribution >= 0.6 is 0 Å². The van der Waals surface area contributed by atoms with Gasteiger partial charge >= 0.3 is 6.09 Å². The normalized spacial score (nSPS) is 20.4. The summed E-state index contributed by atoms with van der Waals surface area (Å²) >= 11 is 0. The zero-order valence-corrected chi connectivity index (χ0v) is 16.6. The maximum atomic E-state index is 14.8. The Morgan fingerprint density at radius 3 is 2.67 bits per heavy atom. The predicted molar refractivity (Wildman–Crippen MR) is 106 cm³/mol. The van der Waals surface area contributed by atoms with Crippen molar-refractivity contribution < 1.29 is 23.5 Å². The van der Waals surface area contributed by atoms with Crippen LogP contribution in [0.2, 0.25) is 0 Å². The van der Waals surface area contributed by atoms with Crippen molar-refractivity contribution in [1.82, 2.24) is 5.32 Å². The molecule has 0 aromatic heterocycles. The Kier molecular flexibility index (Phi) is 6.40. The van der Waals surface area contributed by atoms with Crippen molar-refractivity contribution in [3.05, 3.63) is 24.0 Å². The van der Waals surface area contributed by atoms with Crippen LogP contribution in [0.5, 0.6) is 0 Å². The third kappa shape index (κ3) is 4.62. The van der Waals surface area contributed by atoms with Gasteiger partial charge in [-0.25, -0.2) is 9.18 Å². The van der Waals surface area contributed by atoms with Crippen molar-refractivity contribution in [3.8, 4) is 6.07 Å². The molecule has 2 aliphatic heterocycles. The summed E-state index contributed by atoms with van der Waals surface area (Å²) in [5.41, 5.74) is 6.05. The van der Waals surface area contributed by atoms with E-state index in [0.29, 0.717) is 37.3 Å². The molecule has 1 aromatic carbocycles. The molecule has 3 N–H and O–H groups in total. The third-order valence-corrected chi connectivity index (χ3v) is 5.49. The van der Waals surface area contributed by atoms with Crippen molar-refractivity contribution in [1.29, 1.82) is 5.26 Å². The summed E-state index contributed by atoms with van der Waals surface area (Å²) in [4.78, 5) is 37.7. The number of hydrogen-bond donors (Lipinski definition) is 2. The number of amides is 3. The molecular formula is C20H24FN5O4. The smallest absolute Gasteiger partial charge is 0.414 e. The predicted octanol–water partition coefficient (Wildman–Crippen LogP) is 1.13. The fourth-order valence-electron chi connectivity index (χ4n) is 3.89. The Hall–Kier alpha value is -3.35. The highest BCUT2D eigenvalue weighted by molar-refractivity contribution is 5.90. The second kappa shape index (κ2) is 8.98. The van der Waals surface area contributed by atoms with Crippen LogP contribution in [0, 0.1) is 29.0 Å². The van der Waals surface area contributed by atoms with Crippen LogP contribution in [0.15, 0.2) is 18.2 Å². The number of primary amides is 1. The summed E-state index contributed by atoms with van der Waals surface area (Å²) in [6, 6.07) is 6.50. The van der Waals surface area contributed by atoms with Crippen molar-refractivity contribution in [2.45, 2.75) is 25.9 Å². The molecular weight excluding hydrogens is 393 g/mol. The molecule has 9 nitrogen and oxygen atoms in total. The van der Waals surface area contributed by atoms with Crippen LogP contribution in [0.4, 0.5) is 20.6 Å². The van der Waals surface area contributed by atoms with Gasteiger partial charge in [0.2, 0.25) is 11.8 Å². The number of nitrogens with two attached hydrogens (primary N) is 1. The Labute approximate surface area is 173 Å². The van der Waals surface area contributed by atoms with Gasteiger partial charge in [-0.15, -0.1) is 0 Å². The first-order valence-corrected chi connectivity index (χ1v) is 9.76. The average molecular weight is 417 g/mol. The molecule has 2 saturated heterocycles. The summed E-state index contributed by atoms with van der Waals surface area (Å²) in [6.45, 7) is 2.78. The summed E-state index contributed by atoms with van der Waals surface area (Å²) in [7, 11) is 0. The van der Waals surface area contributed by atoms with Crippen LogP contribution in [0.25, 0.3) is 0 Å². The number of nitriles is 1. The minimum absolute atomic E-state index is 0.133. The summed E-state index contributed by atoms with van der Waals surface area (Å²) < 4.78 is 20.0. The average Bonchev–Trinajstić information content (AvgIpc) is 3.08. The molecule has 1 aromatic rings. The largest absolute Gasteiger partial charge is 0.442 e. The van der Waals surface area contributed by atoms with E-state index in [1.54, 1.807) is 12.1 Å². The minimum atomic E-state index is -0.828. The highest BCUT2D eigenvalue weighted by atomic mass is 19.1. The molecule has 0 bridgehead atoms. The highest BCUT2D eigenvalue weighted by Gasteiger charge is 2.34. The number of ether oxygens (including phenoxy) is 1. The zero-order valence-electron chi connectivity index (χ0n) is 16.6. The second-order valence-corrected chi connectivity index (χ2v) is 7.52. The van der Waals surface area contributed by atoms with Crippen LogP contribution in [0.1, 0.15) is 19.8 Å². The van der Waals surface area contributed by atoms with Crippen LogP contribution < -0.4 is 20.9 Å². The molecule has 30 heavy (non-hydrogen) atoms. The van der Waals surface area contributed by atoms with E-state index in [2.05, 4.69) is 5.32 Å². The topological polar surface area (TPSA) is 129 Å². The first-order valence-electron chi connectivity index (χ1n) is 9.76. The Morgan fingerprint density at radius 1 is 1.40 bits per heavy atom. The maximum absolute atomic E-state index is 14.8. The molecule has 160 valence electrons. The fraction of sp³-hybridized carbons (Fsp3) is 0.500. The van der Waals surface area contributed by atoms with Gasteiger partial charge in [0.1, 0.15) is 17.8 Å². The molecule has 2 heterocycles. The number of nitrogens with zero attached hydrogens (tertiary/aromatic N) is 3. The van der Waals surface area contributed by atoms with Gasteiger partial charge in [0, 0.05) is 20.0 Å². The Morgan fingerprint density at radius 2 is 2.10 bits per heavy atom. The van der Waals surface area contributed by atoms with Crippen LogP contribution in [0.3, 0.4) is 0 Å². The number of piperidine rings is 1. The summed E-state index contributed by atoms with van der Waals surface area (Å²) in [6.07, 6.45) is 0.0332. The lowest BCUT2D eigenvalue weighted by atomic mass is 9.84. The second-order valence-electron chi connectivity index (χ2n) is 7.52. The molecule has 3 rings (SSSR count). The summed E-state index contributed by atoms with van der Waals surface area (Å²) in [5, 5.41) is 11.7. The number of carbonyl (C=O) groups excluding carboxylic acids is 3. The number of nitrogens with one attached hydrogen (secondary N) is 1. The van der Waals surface area contributed by atoms with Crippen LogP contribution in [-0.4, -0.2) is 50.2 Å². The number of rotatable bonds is 6. The quantitative estimate of drug-likeness (QED) is 0.714. The zero-order chi connectivity index (χ0) is 21.8. The van der Waals surface area contributed by atoms with Crippen molar-refractivity contribution in [3.63, 3.8) is 0 Å². The van der Waals surface area contributed by atoms with Gasteiger partial charge in [-0.2, -0.15) is 5.26 Å². The Balaban J connectivity index is 1.64. The maximum Gasteiger partial charge on any atom is 0.414 e. The van der Waals surface area contributed by atoms with E-state index in [1.165, 1.54) is 17.9 Å². The van der Waals surface area contributed by atoms with E-state index >= 15 is 0 Å². The van der Waals surface area contributed by atoms with Gasteiger partial charge in [-0.3, -0.25) is 14.5 Å². The number of hydrogen-bond acceptors (Lipinski definition) is 6. The SMILES string of the molecule is CC(=O)NC[C@H]1CN(c2ccc(N3CCC(C(C#N)C(N)=O)CC3)c(F)c2)C(=O)O1. The molecule has 0 radical (unpaired) electrons. The highest BCUT2D eigenvalue weighted by Crippen LogP contribution is 2.32. The molecule has 10 heteroatoms. The van der Waals surface area contributed by atoms with Gasteiger partial charge in [0.15, 0.2) is 0 Å². The molecule has 1 unspecified atom stereocenters. The van der Waals surface area contributed by atoms with E-state index in [1.807, 2.05) is 11.0 Å².